The van der Waals surface area contributed by atoms with E-state index < -0.39 is 0 Å². The minimum Gasteiger partial charge on any atom is -0.481 e. The Balaban J connectivity index is 2.30. The summed E-state index contributed by atoms with van der Waals surface area (Å²) in [5.74, 6) is 0.979. The van der Waals surface area contributed by atoms with E-state index in [0.717, 1.165) is 31.7 Å². The standard InChI is InChI=1S/C14H25N3O/c1-3-13-12(9-6-10-15)14(18-2)17(16-13)11-7-4-5-8-11/h11H,3-10,15H2,1-2H3. The van der Waals surface area contributed by atoms with Crippen molar-refractivity contribution < 1.29 is 4.74 Å². The molecule has 0 radical (unpaired) electrons. The van der Waals surface area contributed by atoms with E-state index in [4.69, 9.17) is 15.6 Å². The summed E-state index contributed by atoms with van der Waals surface area (Å²) in [7, 11) is 1.76. The van der Waals surface area contributed by atoms with Crippen LogP contribution in [0.25, 0.3) is 0 Å². The van der Waals surface area contributed by atoms with E-state index in [1.165, 1.54) is 36.9 Å². The van der Waals surface area contributed by atoms with Crippen LogP contribution in [0.5, 0.6) is 5.88 Å². The van der Waals surface area contributed by atoms with Gasteiger partial charge in [-0.3, -0.25) is 0 Å². The van der Waals surface area contributed by atoms with Crippen LogP contribution in [0.1, 0.15) is 56.3 Å². The molecule has 0 aromatic carbocycles. The largest absolute Gasteiger partial charge is 0.481 e. The van der Waals surface area contributed by atoms with Gasteiger partial charge in [-0.25, -0.2) is 4.68 Å². The van der Waals surface area contributed by atoms with Gasteiger partial charge in [-0.15, -0.1) is 0 Å². The van der Waals surface area contributed by atoms with Crippen molar-refractivity contribution >= 4 is 0 Å². The number of methoxy groups -OCH3 is 1. The van der Waals surface area contributed by atoms with Crippen molar-refractivity contribution in [3.8, 4) is 5.88 Å². The molecule has 0 amide bonds. The van der Waals surface area contributed by atoms with Crippen molar-refractivity contribution in [2.45, 2.75) is 57.9 Å². The predicted octanol–water partition coefficient (Wildman–Crippen LogP) is 2.46. The SMILES string of the molecule is CCc1nn(C2CCCC2)c(OC)c1CCCN. The van der Waals surface area contributed by atoms with Crippen molar-refractivity contribution in [1.29, 1.82) is 0 Å². The summed E-state index contributed by atoms with van der Waals surface area (Å²) in [4.78, 5) is 0. The Kier molecular flexibility index (Phi) is 4.64. The van der Waals surface area contributed by atoms with Crippen LogP contribution in [0, 0.1) is 0 Å². The van der Waals surface area contributed by atoms with Crippen molar-refractivity contribution in [2.24, 2.45) is 5.73 Å². The molecule has 18 heavy (non-hydrogen) atoms. The number of hydrogen-bond acceptors (Lipinski definition) is 3. The molecule has 0 aliphatic heterocycles. The fourth-order valence-electron chi connectivity index (χ4n) is 2.92. The Hall–Kier alpha value is -1.03. The van der Waals surface area contributed by atoms with Crippen LogP contribution in [-0.2, 0) is 12.8 Å². The summed E-state index contributed by atoms with van der Waals surface area (Å²) in [6.45, 7) is 2.88. The highest BCUT2D eigenvalue weighted by Gasteiger charge is 2.25. The maximum Gasteiger partial charge on any atom is 0.215 e. The Labute approximate surface area is 110 Å². The molecule has 0 spiro atoms. The molecular weight excluding hydrogens is 226 g/mol. The van der Waals surface area contributed by atoms with E-state index in [1.807, 2.05) is 0 Å². The average molecular weight is 251 g/mol. The quantitative estimate of drug-likeness (QED) is 0.845. The maximum absolute atomic E-state index is 5.63. The van der Waals surface area contributed by atoms with Crippen LogP contribution in [-0.4, -0.2) is 23.4 Å². The number of hydrogen-bond donors (Lipinski definition) is 1. The molecule has 1 fully saturated rings. The van der Waals surface area contributed by atoms with Gasteiger partial charge >= 0.3 is 0 Å². The molecule has 1 aromatic rings. The second-order valence-electron chi connectivity index (χ2n) is 5.06. The third-order valence-corrected chi connectivity index (χ3v) is 3.87. The van der Waals surface area contributed by atoms with E-state index in [9.17, 15) is 0 Å². The number of aromatic nitrogens is 2. The molecule has 0 bridgehead atoms. The average Bonchev–Trinajstić information content (AvgIpc) is 3.02. The first kappa shape index (κ1) is 13.4. The molecule has 1 aliphatic carbocycles. The molecular formula is C14H25N3O. The van der Waals surface area contributed by atoms with Gasteiger partial charge in [0.05, 0.1) is 18.8 Å². The summed E-state index contributed by atoms with van der Waals surface area (Å²) < 4.78 is 7.76. The lowest BCUT2D eigenvalue weighted by Gasteiger charge is -2.13. The summed E-state index contributed by atoms with van der Waals surface area (Å²) >= 11 is 0. The number of ether oxygens (including phenoxy) is 1. The minimum absolute atomic E-state index is 0.539. The Morgan fingerprint density at radius 3 is 2.67 bits per heavy atom. The first-order valence-electron chi connectivity index (χ1n) is 7.16. The van der Waals surface area contributed by atoms with Crippen LogP contribution in [0.15, 0.2) is 0 Å². The lowest BCUT2D eigenvalue weighted by Crippen LogP contribution is -2.09. The zero-order valence-electron chi connectivity index (χ0n) is 11.6. The third-order valence-electron chi connectivity index (χ3n) is 3.87. The Morgan fingerprint density at radius 2 is 2.11 bits per heavy atom. The molecule has 2 rings (SSSR count). The third kappa shape index (κ3) is 2.53. The van der Waals surface area contributed by atoms with Crippen molar-refractivity contribution in [3.63, 3.8) is 0 Å². The molecule has 102 valence electrons. The second-order valence-corrected chi connectivity index (χ2v) is 5.06. The fraction of sp³-hybridized carbons (Fsp3) is 0.786. The number of nitrogens with zero attached hydrogens (tertiary/aromatic N) is 2. The van der Waals surface area contributed by atoms with Gasteiger partial charge < -0.3 is 10.5 Å². The summed E-state index contributed by atoms with van der Waals surface area (Å²) in [5.41, 5.74) is 8.08. The monoisotopic (exact) mass is 251 g/mol. The Bertz CT molecular complexity index is 381. The molecule has 1 aliphatic rings. The lowest BCUT2D eigenvalue weighted by molar-refractivity contribution is 0.328. The molecule has 0 saturated heterocycles. The zero-order chi connectivity index (χ0) is 13.0. The maximum atomic E-state index is 5.63. The molecule has 1 heterocycles. The van der Waals surface area contributed by atoms with Gasteiger partial charge in [-0.1, -0.05) is 19.8 Å². The molecule has 4 heteroatoms. The van der Waals surface area contributed by atoms with Gasteiger partial charge in [0.2, 0.25) is 5.88 Å². The van der Waals surface area contributed by atoms with E-state index in [1.54, 1.807) is 7.11 Å². The van der Waals surface area contributed by atoms with E-state index >= 15 is 0 Å². The highest BCUT2D eigenvalue weighted by Crippen LogP contribution is 2.35. The number of nitrogens with two attached hydrogens (primary N) is 1. The zero-order valence-corrected chi connectivity index (χ0v) is 11.6. The van der Waals surface area contributed by atoms with Crippen LogP contribution in [0.2, 0.25) is 0 Å². The molecule has 2 N–H and O–H groups in total. The predicted molar refractivity (Wildman–Crippen MR) is 73.0 cm³/mol. The van der Waals surface area contributed by atoms with Gasteiger partial charge in [-0.2, -0.15) is 5.10 Å². The molecule has 4 nitrogen and oxygen atoms in total. The summed E-state index contributed by atoms with van der Waals surface area (Å²) in [6.07, 6.45) is 8.04. The summed E-state index contributed by atoms with van der Waals surface area (Å²) in [6, 6.07) is 0.539. The van der Waals surface area contributed by atoms with E-state index in [0.29, 0.717) is 6.04 Å². The number of aryl methyl sites for hydroxylation is 1. The van der Waals surface area contributed by atoms with Crippen LogP contribution >= 0.6 is 0 Å². The topological polar surface area (TPSA) is 53.1 Å². The molecule has 0 atom stereocenters. The minimum atomic E-state index is 0.539. The van der Waals surface area contributed by atoms with Crippen molar-refractivity contribution in [2.75, 3.05) is 13.7 Å². The first-order chi connectivity index (χ1) is 8.81. The molecule has 1 saturated carbocycles. The van der Waals surface area contributed by atoms with Gasteiger partial charge in [0.1, 0.15) is 0 Å². The first-order valence-corrected chi connectivity index (χ1v) is 7.16. The van der Waals surface area contributed by atoms with Crippen LogP contribution in [0.3, 0.4) is 0 Å². The van der Waals surface area contributed by atoms with E-state index in [-0.39, 0.29) is 0 Å². The summed E-state index contributed by atoms with van der Waals surface area (Å²) in [5, 5.41) is 4.79. The van der Waals surface area contributed by atoms with Gasteiger partial charge in [0, 0.05) is 5.56 Å². The Morgan fingerprint density at radius 1 is 1.39 bits per heavy atom. The number of rotatable bonds is 6. The molecule has 1 aromatic heterocycles. The fourth-order valence-corrected chi connectivity index (χ4v) is 2.92. The highest BCUT2D eigenvalue weighted by molar-refractivity contribution is 5.32. The van der Waals surface area contributed by atoms with Crippen LogP contribution < -0.4 is 10.5 Å². The van der Waals surface area contributed by atoms with Gasteiger partial charge in [0.25, 0.3) is 0 Å². The smallest absolute Gasteiger partial charge is 0.215 e. The van der Waals surface area contributed by atoms with Crippen LogP contribution in [0.4, 0.5) is 0 Å². The van der Waals surface area contributed by atoms with Gasteiger partial charge in [-0.05, 0) is 38.6 Å². The van der Waals surface area contributed by atoms with Gasteiger partial charge in [0.15, 0.2) is 0 Å². The van der Waals surface area contributed by atoms with Crippen molar-refractivity contribution in [3.05, 3.63) is 11.3 Å². The van der Waals surface area contributed by atoms with E-state index in [2.05, 4.69) is 11.6 Å². The second kappa shape index (κ2) is 6.23. The molecule has 0 unspecified atom stereocenters. The normalized spacial score (nSPS) is 16.4. The van der Waals surface area contributed by atoms with Crippen molar-refractivity contribution in [1.82, 2.24) is 9.78 Å². The highest BCUT2D eigenvalue weighted by atomic mass is 16.5. The lowest BCUT2D eigenvalue weighted by atomic mass is 10.1.